The van der Waals surface area contributed by atoms with Gasteiger partial charge in [0.2, 0.25) is 0 Å². The van der Waals surface area contributed by atoms with Gasteiger partial charge in [-0.1, -0.05) is 26.3 Å². The maximum atomic E-state index is 12.2. The Labute approximate surface area is 98.3 Å². The molecule has 0 N–H and O–H groups in total. The first-order valence-corrected chi connectivity index (χ1v) is 6.69. The Kier molecular flexibility index (Phi) is 1.98. The lowest BCUT2D eigenvalue weighted by molar-refractivity contribution is -0.186. The molecule has 88 valence electrons. The highest BCUT2D eigenvalue weighted by molar-refractivity contribution is 5.96. The van der Waals surface area contributed by atoms with Crippen molar-refractivity contribution in [2.45, 2.75) is 40.5 Å². The number of carbonyl (C=O) groups excluding carboxylic acids is 1. The lowest BCUT2D eigenvalue weighted by Crippen LogP contribution is -2.66. The first kappa shape index (κ1) is 10.6. The zero-order valence-electron chi connectivity index (χ0n) is 10.8. The third-order valence-electron chi connectivity index (χ3n) is 5.72. The van der Waals surface area contributed by atoms with Crippen molar-refractivity contribution < 1.29 is 4.79 Å². The van der Waals surface area contributed by atoms with E-state index in [9.17, 15) is 4.79 Å². The van der Waals surface area contributed by atoms with Crippen LogP contribution >= 0.6 is 0 Å². The molecular formula is C15H22O. The lowest BCUT2D eigenvalue weighted by Gasteiger charge is -2.69. The molecule has 0 heterocycles. The molecule has 0 aromatic carbocycles. The molecule has 4 aliphatic rings. The first-order chi connectivity index (χ1) is 7.47. The fourth-order valence-electron chi connectivity index (χ4n) is 5.14. The van der Waals surface area contributed by atoms with E-state index >= 15 is 0 Å². The summed E-state index contributed by atoms with van der Waals surface area (Å²) < 4.78 is 0. The Morgan fingerprint density at radius 1 is 1.38 bits per heavy atom. The van der Waals surface area contributed by atoms with E-state index in [1.165, 1.54) is 18.4 Å². The smallest absolute Gasteiger partial charge is 0.159 e. The van der Waals surface area contributed by atoms with E-state index in [4.69, 9.17) is 0 Å². The van der Waals surface area contributed by atoms with E-state index in [-0.39, 0.29) is 0 Å². The normalized spacial score (nSPS) is 50.1. The van der Waals surface area contributed by atoms with Crippen molar-refractivity contribution >= 4 is 5.78 Å². The number of rotatable bonds is 1. The topological polar surface area (TPSA) is 17.1 Å². The second-order valence-electron chi connectivity index (χ2n) is 6.78. The summed E-state index contributed by atoms with van der Waals surface area (Å²) in [6, 6.07) is 0. The molecule has 1 heteroatoms. The van der Waals surface area contributed by atoms with Crippen LogP contribution in [0.5, 0.6) is 0 Å². The maximum Gasteiger partial charge on any atom is 0.159 e. The van der Waals surface area contributed by atoms with Crippen molar-refractivity contribution in [1.29, 1.82) is 0 Å². The van der Waals surface area contributed by atoms with Crippen molar-refractivity contribution in [3.05, 3.63) is 11.6 Å². The summed E-state index contributed by atoms with van der Waals surface area (Å²) in [6.45, 7) is 9.17. The van der Waals surface area contributed by atoms with Gasteiger partial charge in [-0.3, -0.25) is 4.79 Å². The Balaban J connectivity index is 2.02. The summed E-state index contributed by atoms with van der Waals surface area (Å²) in [5, 5.41) is 0. The van der Waals surface area contributed by atoms with Crippen LogP contribution in [-0.4, -0.2) is 5.78 Å². The van der Waals surface area contributed by atoms with Crippen LogP contribution in [0.25, 0.3) is 0 Å². The van der Waals surface area contributed by atoms with Gasteiger partial charge in [0, 0.05) is 5.92 Å². The monoisotopic (exact) mass is 218 g/mol. The van der Waals surface area contributed by atoms with Crippen molar-refractivity contribution in [3.63, 3.8) is 0 Å². The summed E-state index contributed by atoms with van der Waals surface area (Å²) in [6.07, 6.45) is 4.53. The lowest BCUT2D eigenvalue weighted by atomic mass is 9.34. The van der Waals surface area contributed by atoms with Crippen molar-refractivity contribution in [2.24, 2.45) is 35.0 Å². The average Bonchev–Trinajstić information content (AvgIpc) is 2.15. The number of ketones is 1. The molecule has 3 unspecified atom stereocenters. The summed E-state index contributed by atoms with van der Waals surface area (Å²) >= 11 is 0. The summed E-state index contributed by atoms with van der Waals surface area (Å²) in [7, 11) is 0. The van der Waals surface area contributed by atoms with Gasteiger partial charge < -0.3 is 0 Å². The van der Waals surface area contributed by atoms with Gasteiger partial charge in [-0.25, -0.2) is 0 Å². The van der Waals surface area contributed by atoms with Gasteiger partial charge in [-0.2, -0.15) is 0 Å². The Morgan fingerprint density at radius 3 is 2.62 bits per heavy atom. The molecule has 0 saturated heterocycles. The van der Waals surface area contributed by atoms with E-state index in [2.05, 4.69) is 27.7 Å². The molecule has 16 heavy (non-hydrogen) atoms. The molecule has 5 atom stereocenters. The minimum Gasteiger partial charge on any atom is -0.295 e. The standard InChI is InChI=1S/C15H22O/c1-8(2)10-5-6-15(4)13-9(3)7-11(16)14(15)12(10)13/h7-8,10,12-14H,5-6H2,1-4H3/t10?,12-,13?,14?,15+/m0/s1. The van der Waals surface area contributed by atoms with E-state index in [1.54, 1.807) is 0 Å². The van der Waals surface area contributed by atoms with Crippen LogP contribution in [0.4, 0.5) is 0 Å². The second-order valence-corrected chi connectivity index (χ2v) is 6.78. The van der Waals surface area contributed by atoms with Gasteiger partial charge in [0.1, 0.15) is 0 Å². The van der Waals surface area contributed by atoms with Gasteiger partial charge >= 0.3 is 0 Å². The molecule has 0 amide bonds. The maximum absolute atomic E-state index is 12.2. The van der Waals surface area contributed by atoms with Crippen LogP contribution in [0, 0.1) is 35.0 Å². The SMILES string of the molecule is CC1=CC(=O)C2[C@H]3C(C(C)C)CC[C@]2(C)C13. The summed E-state index contributed by atoms with van der Waals surface area (Å²) in [5.74, 6) is 3.70. The highest BCUT2D eigenvalue weighted by atomic mass is 16.1. The van der Waals surface area contributed by atoms with E-state index in [0.717, 1.165) is 17.8 Å². The molecule has 2 saturated carbocycles. The Bertz CT molecular complexity index is 379. The zero-order chi connectivity index (χ0) is 11.7. The third kappa shape index (κ3) is 1.00. The molecule has 4 aliphatic carbocycles. The number of allylic oxidation sites excluding steroid dienone is 2. The van der Waals surface area contributed by atoms with Crippen LogP contribution in [-0.2, 0) is 4.79 Å². The minimum atomic E-state index is 0.325. The van der Waals surface area contributed by atoms with Crippen LogP contribution in [0.3, 0.4) is 0 Å². The predicted molar refractivity (Wildman–Crippen MR) is 64.9 cm³/mol. The molecule has 2 fully saturated rings. The fraction of sp³-hybridized carbons (Fsp3) is 0.800. The van der Waals surface area contributed by atoms with Gasteiger partial charge in [0.25, 0.3) is 0 Å². The number of carbonyl (C=O) groups is 1. The molecule has 4 rings (SSSR count). The van der Waals surface area contributed by atoms with Crippen molar-refractivity contribution in [3.8, 4) is 0 Å². The molecule has 4 bridgehead atoms. The molecule has 0 aliphatic heterocycles. The molecule has 0 aromatic rings. The van der Waals surface area contributed by atoms with Crippen LogP contribution in [0.1, 0.15) is 40.5 Å². The second kappa shape index (κ2) is 3.00. The van der Waals surface area contributed by atoms with Gasteiger partial charge in [0.05, 0.1) is 0 Å². The largest absolute Gasteiger partial charge is 0.295 e. The van der Waals surface area contributed by atoms with Gasteiger partial charge in [-0.15, -0.1) is 0 Å². The highest BCUT2D eigenvalue weighted by Gasteiger charge is 2.68. The van der Waals surface area contributed by atoms with Crippen molar-refractivity contribution in [2.75, 3.05) is 0 Å². The summed E-state index contributed by atoms with van der Waals surface area (Å²) in [5.41, 5.74) is 1.69. The molecule has 1 nitrogen and oxygen atoms in total. The number of hydrogen-bond acceptors (Lipinski definition) is 1. The molecule has 0 radical (unpaired) electrons. The van der Waals surface area contributed by atoms with Gasteiger partial charge in [0.15, 0.2) is 5.78 Å². The highest BCUT2D eigenvalue weighted by Crippen LogP contribution is 2.70. The first-order valence-electron chi connectivity index (χ1n) is 6.69. The molecule has 0 aromatic heterocycles. The van der Waals surface area contributed by atoms with Crippen LogP contribution in [0.2, 0.25) is 0 Å². The van der Waals surface area contributed by atoms with Crippen molar-refractivity contribution in [1.82, 2.24) is 0 Å². The quantitative estimate of drug-likeness (QED) is 0.659. The summed E-state index contributed by atoms with van der Waals surface area (Å²) in [4.78, 5) is 12.2. The number of fused-ring (bicyclic) bond motifs is 1. The molecule has 0 spiro atoms. The van der Waals surface area contributed by atoms with Crippen LogP contribution < -0.4 is 0 Å². The number of hydrogen-bond donors (Lipinski definition) is 0. The Morgan fingerprint density at radius 2 is 2.06 bits per heavy atom. The third-order valence-corrected chi connectivity index (χ3v) is 5.72. The minimum absolute atomic E-state index is 0.325. The van der Waals surface area contributed by atoms with Crippen LogP contribution in [0.15, 0.2) is 11.6 Å². The fourth-order valence-corrected chi connectivity index (χ4v) is 5.14. The molecular weight excluding hydrogens is 196 g/mol. The van der Waals surface area contributed by atoms with E-state index in [0.29, 0.717) is 23.0 Å². The van der Waals surface area contributed by atoms with E-state index in [1.807, 2.05) is 6.08 Å². The average molecular weight is 218 g/mol. The predicted octanol–water partition coefficient (Wildman–Crippen LogP) is 3.45. The van der Waals surface area contributed by atoms with E-state index < -0.39 is 0 Å². The zero-order valence-corrected chi connectivity index (χ0v) is 10.8. The van der Waals surface area contributed by atoms with Gasteiger partial charge in [-0.05, 0) is 54.9 Å². The Hall–Kier alpha value is -0.590.